The number of hydrogen-bond acceptors (Lipinski definition) is 6. The summed E-state index contributed by atoms with van der Waals surface area (Å²) in [7, 11) is 0. The molecule has 0 radical (unpaired) electrons. The van der Waals surface area contributed by atoms with Crippen molar-refractivity contribution in [2.24, 2.45) is 0 Å². The lowest BCUT2D eigenvalue weighted by molar-refractivity contribution is 0.0469. The third-order valence-electron chi connectivity index (χ3n) is 3.59. The average molecular weight is 386 g/mol. The number of carbonyl (C=O) groups excluding carboxylic acids is 2. The minimum absolute atomic E-state index is 0.117. The van der Waals surface area contributed by atoms with Crippen molar-refractivity contribution < 1.29 is 14.3 Å². The fourth-order valence-corrected chi connectivity index (χ4v) is 3.84. The molecule has 3 rings (SSSR count). The molecular formula is C19H18N2O3S2. The number of thiazole rings is 1. The number of para-hydroxylation sites is 1. The van der Waals surface area contributed by atoms with Crippen LogP contribution < -0.4 is 5.32 Å². The zero-order valence-corrected chi connectivity index (χ0v) is 15.9. The first-order valence-electron chi connectivity index (χ1n) is 8.20. The van der Waals surface area contributed by atoms with Gasteiger partial charge < -0.3 is 10.1 Å². The molecule has 2 aromatic heterocycles. The fraction of sp³-hybridized carbons (Fsp3) is 0.211. The van der Waals surface area contributed by atoms with E-state index in [4.69, 9.17) is 4.74 Å². The standard InChI is InChI=1S/C19H18N2O3S2/c1-2-5-17-20-14(12-26-17)10-24-19(23)15-6-3-4-7-16(15)21-18(22)13-8-9-25-11-13/h3-4,6-9,11-12H,2,5,10H2,1H3,(H,21,22). The first kappa shape index (κ1) is 18.3. The molecule has 0 saturated carbocycles. The van der Waals surface area contributed by atoms with Gasteiger partial charge in [0.25, 0.3) is 5.91 Å². The molecule has 0 aliphatic heterocycles. The Morgan fingerprint density at radius 3 is 2.81 bits per heavy atom. The molecule has 134 valence electrons. The Hall–Kier alpha value is -2.51. The molecule has 0 aliphatic carbocycles. The van der Waals surface area contributed by atoms with E-state index in [1.54, 1.807) is 47.0 Å². The number of rotatable bonds is 7. The van der Waals surface area contributed by atoms with Crippen LogP contribution in [-0.4, -0.2) is 16.9 Å². The Labute approximate surface area is 159 Å². The summed E-state index contributed by atoms with van der Waals surface area (Å²) in [4.78, 5) is 29.1. The normalized spacial score (nSPS) is 10.5. The highest BCUT2D eigenvalue weighted by atomic mass is 32.1. The van der Waals surface area contributed by atoms with Crippen molar-refractivity contribution in [1.29, 1.82) is 0 Å². The van der Waals surface area contributed by atoms with Crippen molar-refractivity contribution in [3.8, 4) is 0 Å². The lowest BCUT2D eigenvalue weighted by Crippen LogP contribution is -2.15. The van der Waals surface area contributed by atoms with Gasteiger partial charge in [-0.1, -0.05) is 19.1 Å². The topological polar surface area (TPSA) is 68.3 Å². The second kappa shape index (κ2) is 8.73. The van der Waals surface area contributed by atoms with E-state index in [0.717, 1.165) is 23.5 Å². The van der Waals surface area contributed by atoms with Crippen LogP contribution in [0.5, 0.6) is 0 Å². The summed E-state index contributed by atoms with van der Waals surface area (Å²) in [5.74, 6) is -0.744. The van der Waals surface area contributed by atoms with Crippen LogP contribution in [0.4, 0.5) is 5.69 Å². The third kappa shape index (κ3) is 4.56. The number of nitrogens with zero attached hydrogens (tertiary/aromatic N) is 1. The van der Waals surface area contributed by atoms with E-state index in [1.807, 2.05) is 10.8 Å². The highest BCUT2D eigenvalue weighted by Gasteiger charge is 2.16. The lowest BCUT2D eigenvalue weighted by atomic mass is 10.1. The summed E-state index contributed by atoms with van der Waals surface area (Å²) in [6.07, 6.45) is 1.96. The summed E-state index contributed by atoms with van der Waals surface area (Å²) >= 11 is 3.01. The predicted molar refractivity (Wildman–Crippen MR) is 104 cm³/mol. The van der Waals surface area contributed by atoms with Gasteiger partial charge in [0.15, 0.2) is 0 Å². The first-order valence-corrected chi connectivity index (χ1v) is 10.0. The quantitative estimate of drug-likeness (QED) is 0.594. The van der Waals surface area contributed by atoms with E-state index in [0.29, 0.717) is 16.8 Å². The molecule has 0 bridgehead atoms. The number of ether oxygens (including phenoxy) is 1. The molecule has 0 aliphatic rings. The Morgan fingerprint density at radius 1 is 1.19 bits per heavy atom. The number of nitrogens with one attached hydrogen (secondary N) is 1. The summed E-state index contributed by atoms with van der Waals surface area (Å²) in [5, 5.41) is 9.30. The maximum absolute atomic E-state index is 12.4. The predicted octanol–water partition coefficient (Wildman–Crippen LogP) is 4.77. The minimum atomic E-state index is -0.490. The highest BCUT2D eigenvalue weighted by molar-refractivity contribution is 7.09. The van der Waals surface area contributed by atoms with Gasteiger partial charge in [0.05, 0.1) is 27.5 Å². The summed E-state index contributed by atoms with van der Waals surface area (Å²) < 4.78 is 5.37. The van der Waals surface area contributed by atoms with Crippen molar-refractivity contribution in [2.75, 3.05) is 5.32 Å². The Kier molecular flexibility index (Phi) is 6.14. The number of carbonyl (C=O) groups is 2. The molecule has 1 aromatic carbocycles. The van der Waals surface area contributed by atoms with Crippen LogP contribution in [-0.2, 0) is 17.8 Å². The first-order chi connectivity index (χ1) is 12.7. The molecule has 2 heterocycles. The molecule has 0 unspecified atom stereocenters. The largest absolute Gasteiger partial charge is 0.455 e. The van der Waals surface area contributed by atoms with E-state index >= 15 is 0 Å². The monoisotopic (exact) mass is 386 g/mol. The van der Waals surface area contributed by atoms with Gasteiger partial charge in [-0.2, -0.15) is 11.3 Å². The number of aromatic nitrogens is 1. The van der Waals surface area contributed by atoms with Crippen molar-refractivity contribution in [3.05, 3.63) is 68.3 Å². The number of amides is 1. The van der Waals surface area contributed by atoms with E-state index in [9.17, 15) is 9.59 Å². The molecule has 7 heteroatoms. The van der Waals surface area contributed by atoms with E-state index in [2.05, 4.69) is 17.2 Å². The smallest absolute Gasteiger partial charge is 0.340 e. The van der Waals surface area contributed by atoms with Gasteiger partial charge in [0, 0.05) is 10.8 Å². The number of esters is 1. The molecule has 1 N–H and O–H groups in total. The molecule has 0 saturated heterocycles. The number of anilines is 1. The van der Waals surface area contributed by atoms with Crippen LogP contribution in [0.15, 0.2) is 46.5 Å². The average Bonchev–Trinajstić information content (AvgIpc) is 3.32. The number of thiophene rings is 1. The van der Waals surface area contributed by atoms with Gasteiger partial charge in [0.2, 0.25) is 0 Å². The third-order valence-corrected chi connectivity index (χ3v) is 5.23. The maximum atomic E-state index is 12.4. The molecule has 3 aromatic rings. The second-order valence-electron chi connectivity index (χ2n) is 5.57. The number of benzene rings is 1. The molecular weight excluding hydrogens is 368 g/mol. The number of aryl methyl sites for hydroxylation is 1. The Balaban J connectivity index is 1.66. The van der Waals surface area contributed by atoms with Crippen LogP contribution in [0.1, 0.15) is 44.8 Å². The molecule has 1 amide bonds. The Morgan fingerprint density at radius 2 is 2.04 bits per heavy atom. The summed E-state index contributed by atoms with van der Waals surface area (Å²) in [5.41, 5.74) is 2.05. The molecule has 5 nitrogen and oxygen atoms in total. The van der Waals surface area contributed by atoms with Gasteiger partial charge in [0.1, 0.15) is 6.61 Å². The zero-order valence-electron chi connectivity index (χ0n) is 14.2. The van der Waals surface area contributed by atoms with Gasteiger partial charge in [-0.15, -0.1) is 11.3 Å². The molecule has 0 fully saturated rings. The molecule has 26 heavy (non-hydrogen) atoms. The lowest BCUT2D eigenvalue weighted by Gasteiger charge is -2.10. The zero-order chi connectivity index (χ0) is 18.4. The molecule has 0 atom stereocenters. The highest BCUT2D eigenvalue weighted by Crippen LogP contribution is 2.19. The minimum Gasteiger partial charge on any atom is -0.455 e. The van der Waals surface area contributed by atoms with E-state index < -0.39 is 5.97 Å². The van der Waals surface area contributed by atoms with Gasteiger partial charge in [-0.25, -0.2) is 9.78 Å². The van der Waals surface area contributed by atoms with Gasteiger partial charge in [-0.05, 0) is 36.4 Å². The van der Waals surface area contributed by atoms with Crippen molar-refractivity contribution in [3.63, 3.8) is 0 Å². The van der Waals surface area contributed by atoms with E-state index in [-0.39, 0.29) is 12.5 Å². The second-order valence-corrected chi connectivity index (χ2v) is 7.29. The van der Waals surface area contributed by atoms with Crippen LogP contribution in [0.3, 0.4) is 0 Å². The maximum Gasteiger partial charge on any atom is 0.340 e. The van der Waals surface area contributed by atoms with Crippen LogP contribution in [0.2, 0.25) is 0 Å². The van der Waals surface area contributed by atoms with Crippen molar-refractivity contribution in [2.45, 2.75) is 26.4 Å². The van der Waals surface area contributed by atoms with Crippen LogP contribution >= 0.6 is 22.7 Å². The fourth-order valence-electron chi connectivity index (χ4n) is 2.32. The van der Waals surface area contributed by atoms with Crippen molar-refractivity contribution in [1.82, 2.24) is 4.98 Å². The summed E-state index contributed by atoms with van der Waals surface area (Å²) in [6.45, 7) is 2.22. The van der Waals surface area contributed by atoms with Gasteiger partial charge in [-0.3, -0.25) is 4.79 Å². The van der Waals surface area contributed by atoms with Crippen LogP contribution in [0, 0.1) is 0 Å². The Bertz CT molecular complexity index is 888. The van der Waals surface area contributed by atoms with Gasteiger partial charge >= 0.3 is 5.97 Å². The van der Waals surface area contributed by atoms with Crippen molar-refractivity contribution >= 4 is 40.2 Å². The SMILES string of the molecule is CCCc1nc(COC(=O)c2ccccc2NC(=O)c2ccsc2)cs1. The number of hydrogen-bond donors (Lipinski definition) is 1. The molecule has 0 spiro atoms. The summed E-state index contributed by atoms with van der Waals surface area (Å²) in [6, 6.07) is 8.55. The van der Waals surface area contributed by atoms with Crippen LogP contribution in [0.25, 0.3) is 0 Å². The van der Waals surface area contributed by atoms with E-state index in [1.165, 1.54) is 11.3 Å².